The number of nitrogens with zero attached hydrogens (tertiary/aromatic N) is 1. The summed E-state index contributed by atoms with van der Waals surface area (Å²) in [5.41, 5.74) is 1.15. The molecule has 0 spiro atoms. The second-order valence-electron chi connectivity index (χ2n) is 2.48. The fraction of sp³-hybridized carbons (Fsp3) is 0.429. The van der Waals surface area contributed by atoms with Crippen molar-refractivity contribution >= 4 is 47.8 Å². The minimum absolute atomic E-state index is 0.0255. The van der Waals surface area contributed by atoms with Gasteiger partial charge >= 0.3 is 53.2 Å². The van der Waals surface area contributed by atoms with Crippen molar-refractivity contribution in [3.63, 3.8) is 0 Å². The van der Waals surface area contributed by atoms with Crippen molar-refractivity contribution in [3.05, 3.63) is 11.1 Å². The molecule has 0 saturated heterocycles. The van der Waals surface area contributed by atoms with Crippen molar-refractivity contribution < 1.29 is 26.1 Å². The number of hydrogen-bond donors (Lipinski definition) is 1. The smallest absolute Gasteiger partial charge is 0.247 e. The van der Waals surface area contributed by atoms with Gasteiger partial charge in [0.05, 0.1) is 7.05 Å². The Morgan fingerprint density at radius 3 is 2.43 bits per heavy atom. The van der Waals surface area contributed by atoms with Crippen LogP contribution in [0.15, 0.2) is 5.38 Å². The summed E-state index contributed by atoms with van der Waals surface area (Å²) in [6.45, 7) is 3.51. The van der Waals surface area contributed by atoms with Crippen LogP contribution < -0.4 is 26.6 Å². The second kappa shape index (κ2) is 8.00. The fourth-order valence-corrected chi connectivity index (χ4v) is 1.67. The molecule has 1 heterocycles. The molecule has 1 aromatic rings. The van der Waals surface area contributed by atoms with E-state index in [1.165, 1.54) is 18.3 Å². The number of halogens is 3. The molecule has 0 fully saturated rings. The molecule has 0 saturated carbocycles. The Morgan fingerprint density at radius 1 is 1.64 bits per heavy atom. The first-order valence-corrected chi connectivity index (χ1v) is 14.2. The van der Waals surface area contributed by atoms with E-state index in [9.17, 15) is 4.79 Å². The van der Waals surface area contributed by atoms with E-state index in [-0.39, 0.29) is 22.7 Å². The Morgan fingerprint density at radius 2 is 2.14 bits per heavy atom. The fourth-order valence-electron chi connectivity index (χ4n) is 0.723. The summed E-state index contributed by atoms with van der Waals surface area (Å²) >= 11 is 8.10. The van der Waals surface area contributed by atoms with Crippen molar-refractivity contribution in [2.75, 3.05) is 5.32 Å². The van der Waals surface area contributed by atoms with Crippen LogP contribution in [0.25, 0.3) is 0 Å². The third kappa shape index (κ3) is 5.62. The summed E-state index contributed by atoms with van der Waals surface area (Å²) in [7, 11) is 1.93. The zero-order valence-electron chi connectivity index (χ0n) is 7.97. The largest absolute Gasteiger partial charge is 0.341 e. The minimum atomic E-state index is -0.0255. The standard InChI is InChI=1S/C7H10N2OS.Br2I/c1-5-4-11-7(9(5)3)8-6(2)10;1-3-2/h4H,1-3H3;/q;-1/p+1. The minimum Gasteiger partial charge on any atom is -0.247 e. The molecule has 0 aliphatic carbocycles. The van der Waals surface area contributed by atoms with E-state index in [0.29, 0.717) is 0 Å². The molecule has 1 aromatic heterocycles. The third-order valence-electron chi connectivity index (χ3n) is 1.46. The Balaban J connectivity index is 0.000000500. The van der Waals surface area contributed by atoms with Crippen LogP contribution in [0.3, 0.4) is 0 Å². The van der Waals surface area contributed by atoms with Crippen LogP contribution in [0.5, 0.6) is 0 Å². The molecule has 1 amide bonds. The molecule has 14 heavy (non-hydrogen) atoms. The number of thiazole rings is 1. The molecular weight excluding hydrogens is 447 g/mol. The van der Waals surface area contributed by atoms with Crippen LogP contribution in [0.1, 0.15) is 12.6 Å². The second-order valence-corrected chi connectivity index (χ2v) is 13.1. The number of nitrogens with one attached hydrogen (secondary N) is 1. The van der Waals surface area contributed by atoms with E-state index in [1.807, 2.05) is 23.9 Å². The van der Waals surface area contributed by atoms with Crippen molar-refractivity contribution in [3.8, 4) is 0 Å². The van der Waals surface area contributed by atoms with Gasteiger partial charge in [0.2, 0.25) is 0 Å². The van der Waals surface area contributed by atoms with Gasteiger partial charge in [-0.25, -0.2) is 14.7 Å². The van der Waals surface area contributed by atoms with E-state index in [4.69, 9.17) is 0 Å². The number of anilines is 1. The summed E-state index contributed by atoms with van der Waals surface area (Å²) in [5.74, 6) is -0.0255. The van der Waals surface area contributed by atoms with Gasteiger partial charge in [-0.3, -0.25) is 0 Å². The van der Waals surface area contributed by atoms with Gasteiger partial charge in [0.25, 0.3) is 0 Å². The topological polar surface area (TPSA) is 33.0 Å². The molecular formula is C7H11Br2IN2OS. The van der Waals surface area contributed by atoms with E-state index in [0.717, 1.165) is 10.8 Å². The predicted octanol–water partition coefficient (Wildman–Crippen LogP) is -0.465. The molecule has 0 aliphatic rings. The quantitative estimate of drug-likeness (QED) is 0.449. The Bertz CT molecular complexity index is 306. The average Bonchev–Trinajstić information content (AvgIpc) is 2.37. The summed E-state index contributed by atoms with van der Waals surface area (Å²) < 4.78 is 1.95. The van der Waals surface area contributed by atoms with Crippen LogP contribution in [0, 0.1) is 6.92 Å². The number of amides is 1. The summed E-state index contributed by atoms with van der Waals surface area (Å²) in [4.78, 5) is 10.7. The van der Waals surface area contributed by atoms with E-state index in [1.54, 1.807) is 0 Å². The predicted molar refractivity (Wildman–Crippen MR) is 62.4 cm³/mol. The van der Waals surface area contributed by atoms with Crippen LogP contribution in [-0.4, -0.2) is 5.91 Å². The maximum Gasteiger partial charge on any atom is 0.341 e. The van der Waals surface area contributed by atoms with Gasteiger partial charge in [0.15, 0.2) is 0 Å². The maximum absolute atomic E-state index is 10.7. The number of carbonyl (C=O) groups excluding carboxylic acids is 1. The van der Waals surface area contributed by atoms with Gasteiger partial charge in [-0.05, 0) is 6.92 Å². The van der Waals surface area contributed by atoms with Gasteiger partial charge < -0.3 is 0 Å². The van der Waals surface area contributed by atoms with Crippen LogP contribution in [-0.2, 0) is 11.8 Å². The number of aryl methyl sites for hydroxylation is 1. The Kier molecular flexibility index (Phi) is 8.45. The number of carbonyl (C=O) groups is 1. The molecule has 3 nitrogen and oxygen atoms in total. The number of hydrogen-bond acceptors (Lipinski definition) is 2. The molecule has 0 unspecified atom stereocenters. The molecule has 0 atom stereocenters. The maximum atomic E-state index is 10.7. The van der Waals surface area contributed by atoms with Crippen molar-refractivity contribution in [1.82, 2.24) is 0 Å². The Hall–Kier alpha value is 0.790. The van der Waals surface area contributed by atoms with Gasteiger partial charge in [-0.1, -0.05) is 11.3 Å². The summed E-state index contributed by atoms with van der Waals surface area (Å²) in [6.07, 6.45) is 0. The average molecular weight is 458 g/mol. The zero-order valence-corrected chi connectivity index (χ0v) is 14.1. The normalized spacial score (nSPS) is 9.21. The van der Waals surface area contributed by atoms with E-state index >= 15 is 0 Å². The van der Waals surface area contributed by atoms with Gasteiger partial charge in [-0.15, -0.1) is 0 Å². The molecule has 1 rings (SSSR count). The van der Waals surface area contributed by atoms with E-state index in [2.05, 4.69) is 30.7 Å². The van der Waals surface area contributed by atoms with Gasteiger partial charge in [-0.2, -0.15) is 0 Å². The van der Waals surface area contributed by atoms with Crippen molar-refractivity contribution in [2.24, 2.45) is 7.05 Å². The molecule has 0 radical (unpaired) electrons. The number of rotatable bonds is 1. The third-order valence-corrected chi connectivity index (χ3v) is 2.52. The molecule has 0 bridgehead atoms. The van der Waals surface area contributed by atoms with E-state index < -0.39 is 0 Å². The van der Waals surface area contributed by atoms with Gasteiger partial charge in [0.1, 0.15) is 5.69 Å². The molecule has 0 aliphatic heterocycles. The molecule has 1 N–H and O–H groups in total. The molecule has 82 valence electrons. The van der Waals surface area contributed by atoms with Crippen LogP contribution >= 0.6 is 36.7 Å². The van der Waals surface area contributed by atoms with Crippen LogP contribution in [0.4, 0.5) is 5.13 Å². The molecule has 0 aromatic carbocycles. The first-order valence-electron chi connectivity index (χ1n) is 3.61. The first kappa shape index (κ1) is 14.8. The monoisotopic (exact) mass is 456 g/mol. The first-order chi connectivity index (χ1) is 6.52. The Labute approximate surface area is 110 Å². The summed E-state index contributed by atoms with van der Waals surface area (Å²) in [6, 6.07) is 0. The molecule has 7 heteroatoms. The zero-order chi connectivity index (χ0) is 11.1. The van der Waals surface area contributed by atoms with Crippen LogP contribution in [0.2, 0.25) is 0 Å². The summed E-state index contributed by atoms with van der Waals surface area (Å²) in [5, 5.41) is 5.63. The van der Waals surface area contributed by atoms with Crippen molar-refractivity contribution in [1.29, 1.82) is 0 Å². The van der Waals surface area contributed by atoms with Gasteiger partial charge in [0, 0.05) is 12.3 Å². The number of aromatic nitrogens is 1. The van der Waals surface area contributed by atoms with Crippen molar-refractivity contribution in [2.45, 2.75) is 13.8 Å². The SMILES string of the molecule is Br[I-]Br.CC(=O)Nc1scc(C)[n+]1C.